The second-order valence-electron chi connectivity index (χ2n) is 32.9. The Morgan fingerprint density at radius 1 is 0.398 bits per heavy atom. The molecule has 730 valence electrons. The van der Waals surface area contributed by atoms with E-state index in [4.69, 9.17) is 87.0 Å². The summed E-state index contributed by atoms with van der Waals surface area (Å²) in [7, 11) is -5.13. The van der Waals surface area contributed by atoms with Gasteiger partial charge >= 0.3 is 0 Å². The average Bonchev–Trinajstić information content (AvgIpc) is 1.78. The van der Waals surface area contributed by atoms with E-state index in [1.165, 1.54) is 33.7 Å². The topological polar surface area (TPSA) is 536 Å². The van der Waals surface area contributed by atoms with Crippen LogP contribution in [0, 0.1) is 0 Å². The quantitative estimate of drug-likeness (QED) is 0.0252. The van der Waals surface area contributed by atoms with E-state index in [9.17, 15) is 52.8 Å². The summed E-state index contributed by atoms with van der Waals surface area (Å²) in [5.74, 6) is -1.58. The van der Waals surface area contributed by atoms with Gasteiger partial charge in [0.15, 0.2) is 22.8 Å². The fourth-order valence-electron chi connectivity index (χ4n) is 15.0. The minimum absolute atomic E-state index is 0.0454. The first-order valence-corrected chi connectivity index (χ1v) is 51.3. The number of rotatable bonds is 33. The molecular formula is C82H119Cl4N27O16S4. The van der Waals surface area contributed by atoms with Crippen LogP contribution in [0.4, 0.5) is 69.6 Å². The van der Waals surface area contributed by atoms with Gasteiger partial charge in [0.25, 0.3) is 47.7 Å². The van der Waals surface area contributed by atoms with Crippen molar-refractivity contribution in [1.82, 2.24) is 72.7 Å². The van der Waals surface area contributed by atoms with Crippen LogP contribution in [0.1, 0.15) is 68.6 Å². The van der Waals surface area contributed by atoms with E-state index in [-0.39, 0.29) is 75.9 Å². The highest BCUT2D eigenvalue weighted by Gasteiger charge is 2.34. The third kappa shape index (κ3) is 31.0. The fraction of sp³-hybridized carbons (Fsp3) is 0.512. The molecule has 0 spiro atoms. The number of piperidine rings is 1. The first-order valence-electron chi connectivity index (χ1n) is 43.3. The first kappa shape index (κ1) is 104. The molecule has 4 aromatic heterocycles. The number of hydrogen-bond acceptors (Lipinski definition) is 35. The van der Waals surface area contributed by atoms with E-state index in [0.29, 0.717) is 180 Å². The Labute approximate surface area is 795 Å². The van der Waals surface area contributed by atoms with Gasteiger partial charge in [-0.2, -0.15) is 37.2 Å². The highest BCUT2D eigenvalue weighted by atomic mass is 35.5. The number of carbonyl (C=O) groups is 4. The summed E-state index contributed by atoms with van der Waals surface area (Å²) in [6.07, 6.45) is 6.77. The van der Waals surface area contributed by atoms with Crippen LogP contribution in [0.5, 0.6) is 0 Å². The molecule has 6 aliphatic heterocycles. The maximum Gasteiger partial charge on any atom is 0.292 e. The Kier molecular flexibility index (Phi) is 37.8. The summed E-state index contributed by atoms with van der Waals surface area (Å²) in [5.41, 5.74) is 26.9. The predicted molar refractivity (Wildman–Crippen MR) is 519 cm³/mol. The highest BCUT2D eigenvalue weighted by Crippen LogP contribution is 2.35. The largest absolute Gasteiger partial charge is 0.431 e. The van der Waals surface area contributed by atoms with Crippen molar-refractivity contribution in [3.63, 3.8) is 0 Å². The molecule has 8 aromatic rings. The third-order valence-corrected chi connectivity index (χ3v) is 31.5. The lowest BCUT2D eigenvalue weighted by molar-refractivity contribution is 0.101. The number of anilines is 12. The molecular weight excluding hydrogens is 1890 g/mol. The zero-order chi connectivity index (χ0) is 95.9. The Hall–Kier alpha value is -9.48. The number of nitrogen functional groups attached to an aromatic ring is 4. The molecule has 43 nitrogen and oxygen atoms in total. The summed E-state index contributed by atoms with van der Waals surface area (Å²) in [5, 5.41) is 22.0. The van der Waals surface area contributed by atoms with Crippen LogP contribution >= 0.6 is 46.4 Å². The second kappa shape index (κ2) is 48.3. The number of aromatic nitrogens is 4. The smallest absolute Gasteiger partial charge is 0.292 e. The lowest BCUT2D eigenvalue weighted by Gasteiger charge is -2.36. The standard InChI is InChI=1S/C22H32ClN7O4S.C21H30ClN7O4S.C20H30ClN7O4S.C19H27ClN6O4S/c1-28-7-4-16(5-8-28)25-6-13-35(32,33)30-11-9-29(10-12-30)17-2-3-18(23)19(14-17)26-21(31)20-15-34-22(24)27-20;1-26-4-6-27(7-5-26)12-13-34(31,32)29-10-8-28(9-11-29)16-2-3-17(22)18(14-16)24-20(30)19-15-33-21(23)25-19;1-26(2)7-5-23-6-12-33(30,31)28-10-8-27(9-11-28)15-3-4-16(21)17(13-15)24-19(29)18-14-32-20(22)25-18;1-13(2)22-5-10-31(28,29)26-8-6-25(7-9-26)14-3-4-15(20)16(11-14)23-18(27)17-12-30-19(21)24-17/h2-3,14-16,25H,4-13H2,1H3,(H2,24,27)(H,26,31);2-3,14-15H,4-13H2,1H3,(H2,23,25)(H,24,30);3-4,13-14,23H,5-12H2,1-2H3,(H2,22,25)(H,24,29);3-4,11-13,22H,5-10H2,1-2H3,(H2,21,24)(H,23,27). The van der Waals surface area contributed by atoms with Crippen LogP contribution in [0.25, 0.3) is 0 Å². The van der Waals surface area contributed by atoms with Crippen molar-refractivity contribution in [2.45, 2.75) is 38.8 Å². The maximum absolute atomic E-state index is 12.9. The number of benzene rings is 4. The van der Waals surface area contributed by atoms with E-state index in [1.54, 1.807) is 57.1 Å². The molecule has 0 bridgehead atoms. The molecule has 14 rings (SSSR count). The SMILES string of the molecule is CC(C)NCCS(=O)(=O)N1CCN(c2ccc(Cl)c(NC(=O)c3coc(N)n3)c2)CC1.CN(C)CCNCCS(=O)(=O)N1CCN(c2ccc(Cl)c(NC(=O)c3coc(N)n3)c2)CC1.CN1CCC(NCCS(=O)(=O)N2CCN(c3ccc(Cl)c(NC(=O)c4coc(N)n4)c3)CC2)CC1.CN1CCN(CCS(=O)(=O)N2CCN(c3ccc(Cl)c(NC(=O)c4coc(N)n4)c3)CC2)CC1. The van der Waals surface area contributed by atoms with E-state index >= 15 is 0 Å². The number of carbonyl (C=O) groups excluding carboxylic acids is 4. The van der Waals surface area contributed by atoms with Crippen molar-refractivity contribution in [3.8, 4) is 0 Å². The zero-order valence-electron chi connectivity index (χ0n) is 75.1. The van der Waals surface area contributed by atoms with E-state index < -0.39 is 63.7 Å². The molecule has 15 N–H and O–H groups in total. The molecule has 133 heavy (non-hydrogen) atoms. The van der Waals surface area contributed by atoms with Gasteiger partial charge in [0.1, 0.15) is 25.1 Å². The van der Waals surface area contributed by atoms with E-state index in [2.05, 4.69) is 106 Å². The molecule has 0 atom stereocenters. The van der Waals surface area contributed by atoms with Crippen LogP contribution in [0.15, 0.2) is 116 Å². The number of nitrogens with one attached hydrogen (secondary N) is 7. The molecule has 6 aliphatic rings. The average molecular weight is 2010 g/mol. The minimum Gasteiger partial charge on any atom is -0.431 e. The Morgan fingerprint density at radius 3 is 0.970 bits per heavy atom. The Balaban J connectivity index is 0.000000171. The number of halogens is 4. The number of sulfonamides is 4. The number of nitrogens with zero attached hydrogens (tertiary/aromatic N) is 16. The molecule has 51 heteroatoms. The van der Waals surface area contributed by atoms with E-state index in [0.717, 1.165) is 87.9 Å². The minimum atomic E-state index is -3.33. The molecule has 10 heterocycles. The Bertz CT molecular complexity index is 5680. The lowest BCUT2D eigenvalue weighted by Crippen LogP contribution is -2.51. The summed E-state index contributed by atoms with van der Waals surface area (Å²) < 4.78 is 128. The van der Waals surface area contributed by atoms with Crippen molar-refractivity contribution >= 4 is 180 Å². The molecule has 4 amide bonds. The van der Waals surface area contributed by atoms with Crippen LogP contribution in [-0.4, -0.2) is 361 Å². The second-order valence-corrected chi connectivity index (χ2v) is 42.9. The number of nitrogens with two attached hydrogens (primary N) is 4. The van der Waals surface area contributed by atoms with Gasteiger partial charge in [-0.3, -0.25) is 24.1 Å². The Morgan fingerprint density at radius 2 is 0.684 bits per heavy atom. The van der Waals surface area contributed by atoms with Gasteiger partial charge in [0.2, 0.25) is 40.1 Å². The molecule has 0 unspecified atom stereocenters. The molecule has 6 saturated heterocycles. The van der Waals surface area contributed by atoms with Gasteiger partial charge < -0.3 is 112 Å². The van der Waals surface area contributed by atoms with Crippen molar-refractivity contribution in [3.05, 3.63) is 141 Å². The number of likely N-dealkylation sites (tertiary alicyclic amines) is 1. The molecule has 0 radical (unpaired) electrons. The molecule has 0 aliphatic carbocycles. The van der Waals surface area contributed by atoms with Gasteiger partial charge in [0, 0.05) is 205 Å². The summed E-state index contributed by atoms with van der Waals surface area (Å²) >= 11 is 25.0. The van der Waals surface area contributed by atoms with Crippen LogP contribution < -0.4 is 79.8 Å². The van der Waals surface area contributed by atoms with Crippen LogP contribution in [-0.2, 0) is 40.1 Å². The molecule has 0 saturated carbocycles. The van der Waals surface area contributed by atoms with Gasteiger partial charge in [-0.1, -0.05) is 60.3 Å². The predicted octanol–water partition coefficient (Wildman–Crippen LogP) is 4.54. The number of hydrogen-bond donors (Lipinski definition) is 11. The maximum atomic E-state index is 12.9. The first-order chi connectivity index (χ1) is 63.2. The van der Waals surface area contributed by atoms with Crippen molar-refractivity contribution in [2.24, 2.45) is 0 Å². The van der Waals surface area contributed by atoms with Crippen molar-refractivity contribution in [1.29, 1.82) is 0 Å². The van der Waals surface area contributed by atoms with Gasteiger partial charge in [-0.25, -0.2) is 33.7 Å². The molecule has 4 aromatic carbocycles. The van der Waals surface area contributed by atoms with Gasteiger partial charge in [0.05, 0.1) is 65.9 Å². The van der Waals surface area contributed by atoms with Crippen LogP contribution in [0.3, 0.4) is 0 Å². The normalized spacial score (nSPS) is 17.1. The lowest BCUT2D eigenvalue weighted by atomic mass is 10.1. The summed E-state index contributed by atoms with van der Waals surface area (Å²) in [6, 6.07) is 21.4. The van der Waals surface area contributed by atoms with Crippen molar-refractivity contribution in [2.75, 3.05) is 298 Å². The summed E-state index contributed by atoms with van der Waals surface area (Å²) in [4.78, 5) is 81.7. The molecule has 6 fully saturated rings. The number of amides is 4. The summed E-state index contributed by atoms with van der Waals surface area (Å²) in [6.45, 7) is 20.8. The number of piperazine rings is 5. The zero-order valence-corrected chi connectivity index (χ0v) is 81.4. The number of likely N-dealkylation sites (N-methyl/N-ethyl adjacent to an activating group) is 2. The van der Waals surface area contributed by atoms with Gasteiger partial charge in [-0.05, 0) is 127 Å². The fourth-order valence-corrected chi connectivity index (χ4v) is 21.2. The van der Waals surface area contributed by atoms with Crippen LogP contribution in [0.2, 0.25) is 20.1 Å². The highest BCUT2D eigenvalue weighted by molar-refractivity contribution is 7.90. The van der Waals surface area contributed by atoms with Crippen molar-refractivity contribution < 1.29 is 70.5 Å². The monoisotopic (exact) mass is 2010 g/mol. The number of oxazole rings is 4. The van der Waals surface area contributed by atoms with E-state index in [1.807, 2.05) is 57.1 Å². The third-order valence-electron chi connectivity index (χ3n) is 22.8. The van der Waals surface area contributed by atoms with Gasteiger partial charge in [-0.15, -0.1) is 0 Å².